The zero-order valence-electron chi connectivity index (χ0n) is 23.8. The van der Waals surface area contributed by atoms with Gasteiger partial charge in [0.15, 0.2) is 17.5 Å². The van der Waals surface area contributed by atoms with Gasteiger partial charge in [0.25, 0.3) is 0 Å². The Morgan fingerprint density at radius 3 is 2.54 bits per heavy atom. The lowest BCUT2D eigenvalue weighted by Gasteiger charge is -2.49. The number of hydrogen-bond donors (Lipinski definition) is 2. The van der Waals surface area contributed by atoms with Crippen LogP contribution in [-0.2, 0) is 23.9 Å². The van der Waals surface area contributed by atoms with Crippen LogP contribution >= 0.6 is 0 Å². The number of hydrogen-bond acceptors (Lipinski definition) is 7. The van der Waals surface area contributed by atoms with Crippen molar-refractivity contribution in [1.29, 1.82) is 0 Å². The van der Waals surface area contributed by atoms with E-state index in [0.29, 0.717) is 17.6 Å². The van der Waals surface area contributed by atoms with Crippen molar-refractivity contribution in [3.05, 3.63) is 59.8 Å². The molecule has 4 aliphatic rings. The molecule has 0 aromatic heterocycles. The minimum absolute atomic E-state index is 0.0371. The number of ketones is 1. The van der Waals surface area contributed by atoms with Crippen LogP contribution in [0.4, 0.5) is 0 Å². The predicted octanol–water partition coefficient (Wildman–Crippen LogP) is 4.41. The molecule has 8 atom stereocenters. The first-order valence-electron chi connectivity index (χ1n) is 14.0. The predicted molar refractivity (Wildman–Crippen MR) is 147 cm³/mol. The molecular weight excluding hydrogens is 496 g/mol. The zero-order valence-corrected chi connectivity index (χ0v) is 23.8. The van der Waals surface area contributed by atoms with Gasteiger partial charge in [-0.15, -0.1) is 0 Å². The van der Waals surface area contributed by atoms with Gasteiger partial charge in [0, 0.05) is 24.5 Å². The summed E-state index contributed by atoms with van der Waals surface area (Å²) in [5.74, 6) is -2.05. The lowest BCUT2D eigenvalue weighted by atomic mass is 9.59. The van der Waals surface area contributed by atoms with Crippen molar-refractivity contribution in [2.24, 2.45) is 34.5 Å². The molecular formula is C32H42O7. The number of rotatable bonds is 8. The highest BCUT2D eigenvalue weighted by molar-refractivity contribution is 5.95. The number of ether oxygens (including phenoxy) is 2. The number of aliphatic hydroxyl groups excluding tert-OH is 1. The van der Waals surface area contributed by atoms with Gasteiger partial charge < -0.3 is 19.7 Å². The first kappa shape index (κ1) is 29.2. The second-order valence-corrected chi connectivity index (χ2v) is 12.3. The van der Waals surface area contributed by atoms with Gasteiger partial charge in [-0.05, 0) is 48.5 Å². The van der Waals surface area contributed by atoms with E-state index in [1.807, 2.05) is 19.1 Å². The topological polar surface area (TPSA) is 110 Å². The van der Waals surface area contributed by atoms with Gasteiger partial charge in [-0.25, -0.2) is 4.79 Å². The van der Waals surface area contributed by atoms with Crippen LogP contribution in [0.15, 0.2) is 59.8 Å². The zero-order chi connectivity index (χ0) is 28.8. The Morgan fingerprint density at radius 1 is 1.18 bits per heavy atom. The average molecular weight is 539 g/mol. The molecule has 2 N–H and O–H groups in total. The minimum atomic E-state index is -2.16. The molecule has 2 bridgehead atoms. The highest BCUT2D eigenvalue weighted by Crippen LogP contribution is 2.71. The molecule has 0 saturated heterocycles. The molecule has 2 fully saturated rings. The third kappa shape index (κ3) is 4.67. The first-order valence-corrected chi connectivity index (χ1v) is 14.0. The summed E-state index contributed by atoms with van der Waals surface area (Å²) >= 11 is 0. The Kier molecular flexibility index (Phi) is 7.99. The van der Waals surface area contributed by atoms with E-state index in [0.717, 1.165) is 12.8 Å². The summed E-state index contributed by atoms with van der Waals surface area (Å²) in [4.78, 5) is 39.3. The summed E-state index contributed by atoms with van der Waals surface area (Å²) in [6.07, 6.45) is 13.5. The Labute approximate surface area is 231 Å². The largest absolute Gasteiger partial charge is 0.461 e. The van der Waals surface area contributed by atoms with Crippen LogP contribution in [0, 0.1) is 34.5 Å². The van der Waals surface area contributed by atoms with Crippen LogP contribution in [0.25, 0.3) is 0 Å². The lowest BCUT2D eigenvalue weighted by molar-refractivity contribution is -0.202. The summed E-state index contributed by atoms with van der Waals surface area (Å²) in [5, 5.41) is 24.0. The first-order chi connectivity index (χ1) is 18.3. The third-order valence-electron chi connectivity index (χ3n) is 9.55. The van der Waals surface area contributed by atoms with Gasteiger partial charge in [0.05, 0.1) is 5.41 Å². The SMILES string of the molecule is CCC\C=C/C=C/C=C/C(=O)OC1C(COC(C)=O)=CC2C(=O)C3(C=C(C)C(O)C13O)C(C)CC1C2C1(C)C. The molecule has 4 aliphatic carbocycles. The van der Waals surface area contributed by atoms with Crippen LogP contribution in [0.5, 0.6) is 0 Å². The van der Waals surface area contributed by atoms with Crippen molar-refractivity contribution in [2.45, 2.75) is 78.6 Å². The van der Waals surface area contributed by atoms with Gasteiger partial charge in [-0.2, -0.15) is 0 Å². The van der Waals surface area contributed by atoms with Gasteiger partial charge in [0.2, 0.25) is 0 Å². The second-order valence-electron chi connectivity index (χ2n) is 12.3. The molecule has 0 aliphatic heterocycles. The summed E-state index contributed by atoms with van der Waals surface area (Å²) in [6, 6.07) is 0. The summed E-state index contributed by atoms with van der Waals surface area (Å²) in [6.45, 7) is 11.0. The van der Waals surface area contributed by atoms with Crippen LogP contribution < -0.4 is 0 Å². The Morgan fingerprint density at radius 2 is 1.87 bits per heavy atom. The maximum absolute atomic E-state index is 14.5. The third-order valence-corrected chi connectivity index (χ3v) is 9.55. The number of fused-ring (bicyclic) bond motifs is 3. The van der Waals surface area contributed by atoms with Crippen LogP contribution in [0.3, 0.4) is 0 Å². The summed E-state index contributed by atoms with van der Waals surface area (Å²) in [5.41, 5.74) is -2.93. The van der Waals surface area contributed by atoms with Crippen molar-refractivity contribution in [3.63, 3.8) is 0 Å². The highest BCUT2D eigenvalue weighted by Gasteiger charge is 2.76. The standard InChI is InChI=1S/C32H42O7/c1-7-8-9-10-11-12-13-14-25(34)39-29-22(18-38-21(4)33)16-23-26-24(30(26,5)6)15-20(3)31(28(23)36)17-19(2)27(35)32(29,31)37/h9-14,16-17,20,23-24,26-27,29,35,37H,7-8,15,18H2,1-6H3/b10-9-,12-11+,14-13+. The normalized spacial score (nSPS) is 38.6. The second kappa shape index (κ2) is 10.7. The van der Waals surface area contributed by atoms with Crippen molar-refractivity contribution >= 4 is 17.7 Å². The lowest BCUT2D eigenvalue weighted by Crippen LogP contribution is -2.66. The fourth-order valence-electron chi connectivity index (χ4n) is 7.50. The van der Waals surface area contributed by atoms with E-state index < -0.39 is 41.1 Å². The molecule has 0 aromatic carbocycles. The summed E-state index contributed by atoms with van der Waals surface area (Å²) < 4.78 is 11.2. The van der Waals surface area contributed by atoms with Gasteiger partial charge in [-0.1, -0.05) is 76.6 Å². The van der Waals surface area contributed by atoms with E-state index in [2.05, 4.69) is 20.8 Å². The molecule has 0 amide bonds. The van der Waals surface area contributed by atoms with Crippen molar-refractivity contribution in [3.8, 4) is 0 Å². The molecule has 212 valence electrons. The van der Waals surface area contributed by atoms with E-state index in [-0.39, 0.29) is 35.6 Å². The molecule has 8 unspecified atom stereocenters. The minimum Gasteiger partial charge on any atom is -0.461 e. The molecule has 0 aromatic rings. The van der Waals surface area contributed by atoms with E-state index in [9.17, 15) is 24.6 Å². The number of unbranched alkanes of at least 4 members (excludes halogenated alkanes) is 1. The quantitative estimate of drug-likeness (QED) is 0.204. The van der Waals surface area contributed by atoms with Crippen LogP contribution in [0.1, 0.15) is 60.8 Å². The van der Waals surface area contributed by atoms with Crippen molar-refractivity contribution in [1.82, 2.24) is 0 Å². The van der Waals surface area contributed by atoms with Gasteiger partial charge in [0.1, 0.15) is 12.7 Å². The number of allylic oxidation sites excluding steroid dienone is 6. The Balaban J connectivity index is 1.78. The van der Waals surface area contributed by atoms with Gasteiger partial charge >= 0.3 is 11.9 Å². The molecule has 4 rings (SSSR count). The molecule has 7 heteroatoms. The number of Topliss-reactive ketones (excluding diaryl/α,β-unsaturated/α-hetero) is 1. The fraction of sp³-hybridized carbons (Fsp3) is 0.594. The van der Waals surface area contributed by atoms with E-state index in [1.54, 1.807) is 31.2 Å². The van der Waals surface area contributed by atoms with E-state index in [1.165, 1.54) is 19.1 Å². The summed E-state index contributed by atoms with van der Waals surface area (Å²) in [7, 11) is 0. The maximum Gasteiger partial charge on any atom is 0.331 e. The molecule has 7 nitrogen and oxygen atoms in total. The van der Waals surface area contributed by atoms with Crippen molar-refractivity contribution in [2.75, 3.05) is 6.61 Å². The number of aliphatic hydroxyl groups is 2. The highest BCUT2D eigenvalue weighted by atomic mass is 16.6. The molecule has 1 spiro atoms. The van der Waals surface area contributed by atoms with E-state index >= 15 is 0 Å². The smallest absolute Gasteiger partial charge is 0.331 e. The monoisotopic (exact) mass is 538 g/mol. The van der Waals surface area contributed by atoms with Crippen LogP contribution in [0.2, 0.25) is 0 Å². The fourth-order valence-corrected chi connectivity index (χ4v) is 7.50. The van der Waals surface area contributed by atoms with E-state index in [4.69, 9.17) is 9.47 Å². The number of carbonyl (C=O) groups is 3. The Hall–Kier alpha value is -2.77. The molecule has 0 radical (unpaired) electrons. The number of esters is 2. The number of carbonyl (C=O) groups excluding carboxylic acids is 3. The molecule has 39 heavy (non-hydrogen) atoms. The molecule has 0 heterocycles. The Bertz CT molecular complexity index is 1170. The average Bonchev–Trinajstić information content (AvgIpc) is 3.38. The maximum atomic E-state index is 14.5. The van der Waals surface area contributed by atoms with Gasteiger partial charge in [-0.3, -0.25) is 9.59 Å². The van der Waals surface area contributed by atoms with Crippen molar-refractivity contribution < 1.29 is 34.1 Å². The molecule has 2 saturated carbocycles. The van der Waals surface area contributed by atoms with Crippen LogP contribution in [-0.4, -0.2) is 52.4 Å².